The van der Waals surface area contributed by atoms with Crippen molar-refractivity contribution in [1.29, 1.82) is 0 Å². The quantitative estimate of drug-likeness (QED) is 0.194. The minimum Gasteiger partial charge on any atom is -0.491 e. The smallest absolute Gasteiger partial charge is 0.200 e. The summed E-state index contributed by atoms with van der Waals surface area (Å²) in [6, 6.07) is 16.8. The van der Waals surface area contributed by atoms with Crippen LogP contribution in [0.3, 0.4) is 0 Å². The van der Waals surface area contributed by atoms with E-state index in [2.05, 4.69) is 71.0 Å². The third-order valence-corrected chi connectivity index (χ3v) is 6.07. The minimum absolute atomic E-state index is 0.255. The van der Waals surface area contributed by atoms with E-state index in [1.54, 1.807) is 0 Å². The monoisotopic (exact) mass is 440 g/mol. The Balaban J connectivity index is 1.84. The van der Waals surface area contributed by atoms with Crippen LogP contribution in [-0.4, -0.2) is 19.5 Å². The lowest BCUT2D eigenvalue weighted by Crippen LogP contribution is -2.25. The van der Waals surface area contributed by atoms with Crippen LogP contribution in [0.25, 0.3) is 0 Å². The number of hydrogen-bond donors (Lipinski definition) is 0. The fourth-order valence-electron chi connectivity index (χ4n) is 4.05. The van der Waals surface area contributed by atoms with Crippen molar-refractivity contribution in [2.45, 2.75) is 91.8 Å². The first-order valence-corrected chi connectivity index (χ1v) is 12.6. The minimum atomic E-state index is -0.255. The zero-order valence-electron chi connectivity index (χ0n) is 20.9. The lowest BCUT2D eigenvalue weighted by Gasteiger charge is -2.23. The molecule has 2 aromatic carbocycles. The highest BCUT2D eigenvalue weighted by Crippen LogP contribution is 2.26. The van der Waals surface area contributed by atoms with Gasteiger partial charge in [0.1, 0.15) is 18.1 Å². The van der Waals surface area contributed by atoms with Crippen LogP contribution in [0, 0.1) is 12.8 Å². The van der Waals surface area contributed by atoms with E-state index in [0.717, 1.165) is 17.9 Å². The Bertz CT molecular complexity index is 723. The molecule has 0 aliphatic rings. The third kappa shape index (κ3) is 9.65. The topological polar surface area (TPSA) is 27.7 Å². The number of unbranched alkanes of at least 4 members (excludes halogenated alkanes) is 1. The van der Waals surface area contributed by atoms with Crippen molar-refractivity contribution in [3.63, 3.8) is 0 Å². The molecule has 3 unspecified atom stereocenters. The molecular formula is C29H44O3. The van der Waals surface area contributed by atoms with Crippen molar-refractivity contribution < 1.29 is 14.2 Å². The van der Waals surface area contributed by atoms with Gasteiger partial charge in [-0.1, -0.05) is 83.2 Å². The molecule has 0 fully saturated rings. The van der Waals surface area contributed by atoms with E-state index in [4.69, 9.17) is 14.2 Å². The van der Waals surface area contributed by atoms with Gasteiger partial charge in [0.25, 0.3) is 0 Å². The van der Waals surface area contributed by atoms with Gasteiger partial charge < -0.3 is 14.2 Å². The fraction of sp³-hybridized carbons (Fsp3) is 0.586. The van der Waals surface area contributed by atoms with Crippen LogP contribution < -0.4 is 9.47 Å². The molecule has 32 heavy (non-hydrogen) atoms. The molecule has 0 aromatic heterocycles. The molecule has 0 N–H and O–H groups in total. The molecule has 2 aromatic rings. The van der Waals surface area contributed by atoms with Gasteiger partial charge >= 0.3 is 0 Å². The molecule has 0 amide bonds. The van der Waals surface area contributed by atoms with E-state index < -0.39 is 0 Å². The van der Waals surface area contributed by atoms with Crippen LogP contribution in [0.4, 0.5) is 0 Å². The maximum absolute atomic E-state index is 6.17. The van der Waals surface area contributed by atoms with Crippen LogP contribution >= 0.6 is 0 Å². The molecule has 0 bridgehead atoms. The van der Waals surface area contributed by atoms with Gasteiger partial charge in [0.2, 0.25) is 0 Å². The van der Waals surface area contributed by atoms with Gasteiger partial charge in [0, 0.05) is 6.42 Å². The summed E-state index contributed by atoms with van der Waals surface area (Å²) in [7, 11) is 0. The van der Waals surface area contributed by atoms with Crippen LogP contribution in [0.15, 0.2) is 48.5 Å². The second-order valence-electron chi connectivity index (χ2n) is 9.03. The van der Waals surface area contributed by atoms with Crippen LogP contribution in [0.1, 0.15) is 89.7 Å². The lowest BCUT2D eigenvalue weighted by atomic mass is 9.92. The summed E-state index contributed by atoms with van der Waals surface area (Å²) in [5.41, 5.74) is 2.64. The molecular weight excluding hydrogens is 396 g/mol. The van der Waals surface area contributed by atoms with Gasteiger partial charge in [-0.15, -0.1) is 0 Å². The lowest BCUT2D eigenvalue weighted by molar-refractivity contribution is -0.0981. The van der Waals surface area contributed by atoms with Gasteiger partial charge in [-0.3, -0.25) is 0 Å². The zero-order valence-corrected chi connectivity index (χ0v) is 20.9. The van der Waals surface area contributed by atoms with E-state index >= 15 is 0 Å². The maximum atomic E-state index is 6.17. The van der Waals surface area contributed by atoms with Gasteiger partial charge in [0.15, 0.2) is 6.29 Å². The number of ether oxygens (including phenoxy) is 3. The summed E-state index contributed by atoms with van der Waals surface area (Å²) in [5, 5.41) is 0. The Morgan fingerprint density at radius 2 is 1.47 bits per heavy atom. The third-order valence-electron chi connectivity index (χ3n) is 6.07. The molecule has 0 saturated carbocycles. The van der Waals surface area contributed by atoms with Gasteiger partial charge in [-0.05, 0) is 61.4 Å². The highest BCUT2D eigenvalue weighted by atomic mass is 16.7. The Kier molecular flexibility index (Phi) is 12.3. The molecule has 0 saturated heterocycles. The average molecular weight is 441 g/mol. The second-order valence-corrected chi connectivity index (χ2v) is 9.03. The molecule has 178 valence electrons. The molecule has 3 atom stereocenters. The predicted octanol–water partition coefficient (Wildman–Crippen LogP) is 8.31. The number of rotatable bonds is 16. The molecule has 3 nitrogen and oxygen atoms in total. The van der Waals surface area contributed by atoms with Crippen molar-refractivity contribution in [1.82, 2.24) is 0 Å². The Labute approximate surface area is 196 Å². The molecule has 0 aliphatic heterocycles. The van der Waals surface area contributed by atoms with E-state index in [1.165, 1.54) is 49.7 Å². The molecule has 3 heteroatoms. The summed E-state index contributed by atoms with van der Waals surface area (Å²) in [5.74, 6) is 2.97. The summed E-state index contributed by atoms with van der Waals surface area (Å²) < 4.78 is 18.2. The summed E-state index contributed by atoms with van der Waals surface area (Å²) in [4.78, 5) is 0. The molecule has 0 radical (unpaired) electrons. The molecule has 0 aliphatic carbocycles. The van der Waals surface area contributed by atoms with Gasteiger partial charge in [-0.25, -0.2) is 0 Å². The van der Waals surface area contributed by atoms with Crippen LogP contribution in [-0.2, 0) is 4.74 Å². The highest BCUT2D eigenvalue weighted by Gasteiger charge is 2.16. The van der Waals surface area contributed by atoms with Crippen molar-refractivity contribution >= 4 is 0 Å². The van der Waals surface area contributed by atoms with Crippen molar-refractivity contribution in [2.75, 3.05) is 13.2 Å². The van der Waals surface area contributed by atoms with Crippen LogP contribution in [0.2, 0.25) is 0 Å². The van der Waals surface area contributed by atoms with Crippen molar-refractivity contribution in [2.24, 2.45) is 5.92 Å². The van der Waals surface area contributed by atoms with Crippen molar-refractivity contribution in [3.05, 3.63) is 59.7 Å². The first kappa shape index (κ1) is 26.3. The summed E-state index contributed by atoms with van der Waals surface area (Å²) in [6.07, 6.45) is 7.94. The zero-order chi connectivity index (χ0) is 23.2. The molecule has 2 rings (SSSR count). The second kappa shape index (κ2) is 14.9. The number of hydrogen-bond acceptors (Lipinski definition) is 3. The Morgan fingerprint density at radius 3 is 2.09 bits per heavy atom. The highest BCUT2D eigenvalue weighted by molar-refractivity contribution is 5.29. The standard InChI is InChI=1S/C29H44O3/c1-6-9-11-24(5)22-29(32-28-16-12-23(4)13-17-28)31-21-20-30-27-18-14-26(15-19-27)25(8-3)10-7-2/h12-19,24-25,29H,6-11,20-22H2,1-5H3. The molecule has 0 heterocycles. The molecule has 0 spiro atoms. The Morgan fingerprint density at radius 1 is 0.781 bits per heavy atom. The van der Waals surface area contributed by atoms with Crippen molar-refractivity contribution in [3.8, 4) is 11.5 Å². The van der Waals surface area contributed by atoms with Gasteiger partial charge in [-0.2, -0.15) is 0 Å². The normalized spacial score (nSPS) is 14.0. The van der Waals surface area contributed by atoms with Crippen LogP contribution in [0.5, 0.6) is 11.5 Å². The first-order chi connectivity index (χ1) is 15.5. The average Bonchev–Trinajstić information content (AvgIpc) is 2.80. The fourth-order valence-corrected chi connectivity index (χ4v) is 4.05. The maximum Gasteiger partial charge on any atom is 0.200 e. The van der Waals surface area contributed by atoms with E-state index in [0.29, 0.717) is 25.0 Å². The Hall–Kier alpha value is -2.00. The van der Waals surface area contributed by atoms with E-state index in [1.807, 2.05) is 12.1 Å². The number of benzene rings is 2. The summed E-state index contributed by atoms with van der Waals surface area (Å²) in [6.45, 7) is 12.1. The van der Waals surface area contributed by atoms with Gasteiger partial charge in [0.05, 0.1) is 6.61 Å². The summed E-state index contributed by atoms with van der Waals surface area (Å²) >= 11 is 0. The van der Waals surface area contributed by atoms with E-state index in [9.17, 15) is 0 Å². The predicted molar refractivity (Wildman–Crippen MR) is 135 cm³/mol. The number of aryl methyl sites for hydroxylation is 1. The van der Waals surface area contributed by atoms with E-state index in [-0.39, 0.29) is 6.29 Å². The first-order valence-electron chi connectivity index (χ1n) is 12.6. The largest absolute Gasteiger partial charge is 0.491 e. The SMILES string of the molecule is CCCCC(C)CC(OCCOc1ccc(C(CC)CCC)cc1)Oc1ccc(C)cc1.